The Morgan fingerprint density at radius 3 is 2.70 bits per heavy atom. The molecule has 1 aromatic rings. The maximum absolute atomic E-state index is 12.2. The summed E-state index contributed by atoms with van der Waals surface area (Å²) in [5, 5.41) is 3.90. The summed E-state index contributed by atoms with van der Waals surface area (Å²) in [5.74, 6) is 0.730. The number of hydrogen-bond acceptors (Lipinski definition) is 5. The second kappa shape index (κ2) is 4.29. The Balaban J connectivity index is 1.77. The number of fused-ring (bicyclic) bond motifs is 1. The van der Waals surface area contributed by atoms with Crippen LogP contribution in [-0.2, 0) is 16.8 Å². The molecule has 7 nitrogen and oxygen atoms in total. The molecule has 1 aromatic heterocycles. The predicted molar refractivity (Wildman–Crippen MR) is 68.7 cm³/mol. The van der Waals surface area contributed by atoms with Crippen LogP contribution >= 0.6 is 0 Å². The van der Waals surface area contributed by atoms with Gasteiger partial charge in [0, 0.05) is 12.0 Å². The Morgan fingerprint density at radius 2 is 2.10 bits per heavy atom. The Kier molecular flexibility index (Phi) is 2.81. The van der Waals surface area contributed by atoms with Crippen LogP contribution in [0.1, 0.15) is 45.3 Å². The minimum Gasteiger partial charge on any atom is -0.337 e. The standard InChI is InChI=1S/C13H18N4O3/c1-13(2,3)11-14-9(20-15-11)7-17-10(18)8-5-4-6-16(8)12(17)19/h8H,4-7H2,1-3H3/t8-/m0/s1. The fraction of sp³-hybridized carbons (Fsp3) is 0.692. The number of rotatable bonds is 2. The van der Waals surface area contributed by atoms with Gasteiger partial charge in [-0.2, -0.15) is 4.98 Å². The molecule has 0 aromatic carbocycles. The molecule has 0 bridgehead atoms. The molecule has 0 spiro atoms. The molecule has 2 fully saturated rings. The van der Waals surface area contributed by atoms with E-state index >= 15 is 0 Å². The molecule has 7 heteroatoms. The van der Waals surface area contributed by atoms with Gasteiger partial charge in [0.2, 0.25) is 5.89 Å². The maximum Gasteiger partial charge on any atom is 0.327 e. The van der Waals surface area contributed by atoms with Gasteiger partial charge in [0.1, 0.15) is 12.6 Å². The van der Waals surface area contributed by atoms with Gasteiger partial charge in [0.15, 0.2) is 5.82 Å². The van der Waals surface area contributed by atoms with Crippen LogP contribution in [0.15, 0.2) is 4.52 Å². The fourth-order valence-corrected chi connectivity index (χ4v) is 2.59. The van der Waals surface area contributed by atoms with Gasteiger partial charge in [0.05, 0.1) is 0 Å². The van der Waals surface area contributed by atoms with Crippen molar-refractivity contribution in [3.05, 3.63) is 11.7 Å². The van der Waals surface area contributed by atoms with Gasteiger partial charge >= 0.3 is 6.03 Å². The van der Waals surface area contributed by atoms with Crippen molar-refractivity contribution in [1.29, 1.82) is 0 Å². The average molecular weight is 278 g/mol. The molecule has 0 radical (unpaired) electrons. The minimum atomic E-state index is -0.285. The van der Waals surface area contributed by atoms with Crippen molar-refractivity contribution in [3.8, 4) is 0 Å². The van der Waals surface area contributed by atoms with Gasteiger partial charge < -0.3 is 9.42 Å². The van der Waals surface area contributed by atoms with E-state index in [1.54, 1.807) is 4.90 Å². The third-order valence-corrected chi connectivity index (χ3v) is 3.71. The monoisotopic (exact) mass is 278 g/mol. The van der Waals surface area contributed by atoms with Crippen molar-refractivity contribution in [3.63, 3.8) is 0 Å². The summed E-state index contributed by atoms with van der Waals surface area (Å²) in [5.41, 5.74) is -0.221. The number of carbonyl (C=O) groups excluding carboxylic acids is 2. The third kappa shape index (κ3) is 1.97. The van der Waals surface area contributed by atoms with Crippen molar-refractivity contribution in [1.82, 2.24) is 19.9 Å². The molecule has 2 saturated heterocycles. The molecule has 2 aliphatic rings. The lowest BCUT2D eigenvalue weighted by molar-refractivity contribution is -0.128. The van der Waals surface area contributed by atoms with E-state index in [4.69, 9.17) is 4.52 Å². The van der Waals surface area contributed by atoms with E-state index in [2.05, 4.69) is 10.1 Å². The number of carbonyl (C=O) groups is 2. The van der Waals surface area contributed by atoms with Gasteiger partial charge in [-0.1, -0.05) is 25.9 Å². The lowest BCUT2D eigenvalue weighted by Crippen LogP contribution is -2.32. The molecule has 20 heavy (non-hydrogen) atoms. The topological polar surface area (TPSA) is 79.5 Å². The van der Waals surface area contributed by atoms with Crippen LogP contribution in [0.3, 0.4) is 0 Å². The summed E-state index contributed by atoms with van der Waals surface area (Å²) in [6, 6.07) is -0.527. The number of aromatic nitrogens is 2. The number of nitrogens with zero attached hydrogens (tertiary/aromatic N) is 4. The van der Waals surface area contributed by atoms with Crippen LogP contribution < -0.4 is 0 Å². The predicted octanol–water partition coefficient (Wildman–Crippen LogP) is 1.29. The van der Waals surface area contributed by atoms with E-state index < -0.39 is 0 Å². The largest absolute Gasteiger partial charge is 0.337 e. The zero-order chi connectivity index (χ0) is 14.5. The highest BCUT2D eigenvalue weighted by molar-refractivity contribution is 6.04. The zero-order valence-corrected chi connectivity index (χ0v) is 11.9. The lowest BCUT2D eigenvalue weighted by atomic mass is 9.96. The van der Waals surface area contributed by atoms with E-state index in [-0.39, 0.29) is 29.9 Å². The molecule has 108 valence electrons. The van der Waals surface area contributed by atoms with Gasteiger partial charge in [0.25, 0.3) is 5.91 Å². The summed E-state index contributed by atoms with van der Waals surface area (Å²) in [4.78, 5) is 31.4. The van der Waals surface area contributed by atoms with Crippen molar-refractivity contribution in [2.24, 2.45) is 0 Å². The number of urea groups is 1. The van der Waals surface area contributed by atoms with E-state index in [0.717, 1.165) is 12.8 Å². The zero-order valence-electron chi connectivity index (χ0n) is 11.9. The van der Waals surface area contributed by atoms with E-state index in [1.807, 2.05) is 20.8 Å². The molecular weight excluding hydrogens is 260 g/mol. The molecule has 3 amide bonds. The van der Waals surface area contributed by atoms with E-state index in [9.17, 15) is 9.59 Å². The quantitative estimate of drug-likeness (QED) is 0.762. The van der Waals surface area contributed by atoms with Crippen molar-refractivity contribution in [2.45, 2.75) is 51.6 Å². The first-order valence-corrected chi connectivity index (χ1v) is 6.83. The summed E-state index contributed by atoms with van der Waals surface area (Å²) in [6.07, 6.45) is 1.64. The Labute approximate surface area is 116 Å². The minimum absolute atomic E-state index is 0.0632. The van der Waals surface area contributed by atoms with Crippen LogP contribution in [0.5, 0.6) is 0 Å². The van der Waals surface area contributed by atoms with E-state index in [1.165, 1.54) is 4.90 Å². The Bertz CT molecular complexity index is 538. The second-order valence-electron chi connectivity index (χ2n) is 6.32. The second-order valence-corrected chi connectivity index (χ2v) is 6.32. The van der Waals surface area contributed by atoms with Crippen molar-refractivity contribution in [2.75, 3.05) is 6.54 Å². The molecular formula is C13H18N4O3. The first-order valence-electron chi connectivity index (χ1n) is 6.83. The van der Waals surface area contributed by atoms with Crippen LogP contribution in [0.4, 0.5) is 4.79 Å². The van der Waals surface area contributed by atoms with Gasteiger partial charge in [-0.15, -0.1) is 0 Å². The highest BCUT2D eigenvalue weighted by Crippen LogP contribution is 2.28. The maximum atomic E-state index is 12.2. The number of hydrogen-bond donors (Lipinski definition) is 0. The summed E-state index contributed by atoms with van der Waals surface area (Å²) in [6.45, 7) is 6.65. The number of imide groups is 1. The van der Waals surface area contributed by atoms with Gasteiger partial charge in [-0.25, -0.2) is 4.79 Å². The smallest absolute Gasteiger partial charge is 0.327 e. The first kappa shape index (κ1) is 13.1. The molecule has 2 aliphatic heterocycles. The van der Waals surface area contributed by atoms with Crippen molar-refractivity contribution < 1.29 is 14.1 Å². The third-order valence-electron chi connectivity index (χ3n) is 3.71. The number of amides is 3. The van der Waals surface area contributed by atoms with E-state index in [0.29, 0.717) is 18.3 Å². The van der Waals surface area contributed by atoms with Crippen LogP contribution in [0.25, 0.3) is 0 Å². The summed E-state index contributed by atoms with van der Waals surface area (Å²) in [7, 11) is 0. The molecule has 0 unspecified atom stereocenters. The Hall–Kier alpha value is -1.92. The average Bonchev–Trinajstić information content (AvgIpc) is 3.05. The normalized spacial score (nSPS) is 22.9. The lowest BCUT2D eigenvalue weighted by Gasteiger charge is -2.13. The highest BCUT2D eigenvalue weighted by atomic mass is 16.5. The first-order chi connectivity index (χ1) is 9.38. The molecule has 0 saturated carbocycles. The SMILES string of the molecule is CC(C)(C)c1noc(CN2C(=O)[C@@H]3CCCN3C2=O)n1. The summed E-state index contributed by atoms with van der Waals surface area (Å²) < 4.78 is 5.15. The van der Waals surface area contributed by atoms with Gasteiger partial charge in [-0.05, 0) is 12.8 Å². The van der Waals surface area contributed by atoms with Crippen LogP contribution in [-0.4, -0.2) is 44.5 Å². The van der Waals surface area contributed by atoms with Crippen LogP contribution in [0, 0.1) is 0 Å². The molecule has 0 N–H and O–H groups in total. The van der Waals surface area contributed by atoms with Gasteiger partial charge in [-0.3, -0.25) is 9.69 Å². The van der Waals surface area contributed by atoms with Crippen LogP contribution in [0.2, 0.25) is 0 Å². The molecule has 0 aliphatic carbocycles. The summed E-state index contributed by atoms with van der Waals surface area (Å²) >= 11 is 0. The fourth-order valence-electron chi connectivity index (χ4n) is 2.59. The highest BCUT2D eigenvalue weighted by Gasteiger charge is 2.47. The van der Waals surface area contributed by atoms with Crippen molar-refractivity contribution >= 4 is 11.9 Å². The molecule has 3 heterocycles. The Morgan fingerprint density at radius 1 is 1.35 bits per heavy atom. The molecule has 3 rings (SSSR count). The molecule has 1 atom stereocenters.